The van der Waals surface area contributed by atoms with Crippen LogP contribution in [0.2, 0.25) is 15.1 Å². The highest BCUT2D eigenvalue weighted by atomic mass is 35.5. The Morgan fingerprint density at radius 2 is 1.73 bits per heavy atom. The molecule has 2 aromatic carbocycles. The highest BCUT2D eigenvalue weighted by Gasteiger charge is 2.33. The predicted octanol–water partition coefficient (Wildman–Crippen LogP) is 4.67. The molecule has 0 amide bonds. The molecule has 0 aromatic heterocycles. The smallest absolute Gasteiger partial charge is 0.138 e. The molecule has 114 valence electrons. The van der Waals surface area contributed by atoms with Crippen molar-refractivity contribution in [3.05, 3.63) is 63.1 Å². The van der Waals surface area contributed by atoms with Crippen LogP contribution in [-0.2, 0) is 4.79 Å². The van der Waals surface area contributed by atoms with Crippen LogP contribution in [0.5, 0.6) is 0 Å². The summed E-state index contributed by atoms with van der Waals surface area (Å²) in [4.78, 5) is 11.2. The van der Waals surface area contributed by atoms with E-state index in [4.69, 9.17) is 34.8 Å². The molecule has 2 atom stereocenters. The van der Waals surface area contributed by atoms with Crippen molar-refractivity contribution in [2.45, 2.75) is 18.5 Å². The fourth-order valence-corrected chi connectivity index (χ4v) is 3.26. The maximum Gasteiger partial charge on any atom is 0.138 e. The number of halogens is 3. The second-order valence-electron chi connectivity index (χ2n) is 5.14. The summed E-state index contributed by atoms with van der Waals surface area (Å²) >= 11 is 18.2. The Kier molecular flexibility index (Phi) is 4.59. The largest absolute Gasteiger partial charge is 0.302 e. The van der Waals surface area contributed by atoms with Crippen LogP contribution >= 0.6 is 34.8 Å². The Hall–Kier alpha value is -1.26. The third-order valence-corrected chi connectivity index (χ3v) is 4.47. The normalized spacial score (nSPS) is 21.1. The summed E-state index contributed by atoms with van der Waals surface area (Å²) in [5, 5.41) is 3.70. The monoisotopic (exact) mass is 354 g/mol. The van der Waals surface area contributed by atoms with E-state index in [-0.39, 0.29) is 12.1 Å². The number of hydrogen-bond acceptors (Lipinski definition) is 3. The number of carbonyl (C=O) groups is 1. The summed E-state index contributed by atoms with van der Waals surface area (Å²) in [5.74, 6) is 0. The summed E-state index contributed by atoms with van der Waals surface area (Å²) in [7, 11) is 0. The molecular weight excluding hydrogens is 343 g/mol. The van der Waals surface area contributed by atoms with Gasteiger partial charge in [-0.3, -0.25) is 5.01 Å². The lowest BCUT2D eigenvalue weighted by Gasteiger charge is -2.27. The molecule has 22 heavy (non-hydrogen) atoms. The van der Waals surface area contributed by atoms with Crippen LogP contribution in [0.1, 0.15) is 18.0 Å². The molecule has 1 aliphatic heterocycles. The predicted molar refractivity (Wildman–Crippen MR) is 90.7 cm³/mol. The van der Waals surface area contributed by atoms with Gasteiger partial charge < -0.3 is 4.79 Å². The highest BCUT2D eigenvalue weighted by molar-refractivity contribution is 6.36. The topological polar surface area (TPSA) is 32.3 Å². The number of aldehydes is 1. The van der Waals surface area contributed by atoms with E-state index >= 15 is 0 Å². The molecule has 1 saturated heterocycles. The number of nitrogens with one attached hydrogen (secondary N) is 1. The lowest BCUT2D eigenvalue weighted by molar-refractivity contribution is -0.109. The average molecular weight is 356 g/mol. The summed E-state index contributed by atoms with van der Waals surface area (Å²) in [6.07, 6.45) is 1.57. The zero-order valence-corrected chi connectivity index (χ0v) is 13.7. The maximum absolute atomic E-state index is 11.2. The van der Waals surface area contributed by atoms with Gasteiger partial charge in [-0.05, 0) is 42.3 Å². The minimum absolute atomic E-state index is 0.00820. The van der Waals surface area contributed by atoms with Gasteiger partial charge in [-0.2, -0.15) is 0 Å². The van der Waals surface area contributed by atoms with Gasteiger partial charge in [-0.25, -0.2) is 5.43 Å². The molecule has 1 N–H and O–H groups in total. The Morgan fingerprint density at radius 3 is 2.36 bits per heavy atom. The van der Waals surface area contributed by atoms with Crippen molar-refractivity contribution >= 4 is 46.8 Å². The van der Waals surface area contributed by atoms with Gasteiger partial charge in [-0.1, -0.05) is 46.9 Å². The molecule has 2 aromatic rings. The maximum atomic E-state index is 11.2. The van der Waals surface area contributed by atoms with E-state index < -0.39 is 0 Å². The number of nitrogens with zero attached hydrogens (tertiary/aromatic N) is 1. The van der Waals surface area contributed by atoms with Gasteiger partial charge >= 0.3 is 0 Å². The molecule has 0 spiro atoms. The van der Waals surface area contributed by atoms with E-state index in [0.29, 0.717) is 21.5 Å². The van der Waals surface area contributed by atoms with Crippen LogP contribution in [0, 0.1) is 0 Å². The first kappa shape index (κ1) is 15.6. The summed E-state index contributed by atoms with van der Waals surface area (Å²) in [5.41, 5.74) is 5.03. The third-order valence-electron chi connectivity index (χ3n) is 3.68. The Balaban J connectivity index is 1.99. The van der Waals surface area contributed by atoms with Crippen molar-refractivity contribution in [1.29, 1.82) is 0 Å². The zero-order valence-electron chi connectivity index (χ0n) is 11.5. The number of hydrazine groups is 1. The second-order valence-corrected chi connectivity index (χ2v) is 6.42. The third kappa shape index (κ3) is 3.08. The van der Waals surface area contributed by atoms with E-state index in [1.807, 2.05) is 35.3 Å². The van der Waals surface area contributed by atoms with Crippen LogP contribution in [0.3, 0.4) is 0 Å². The number of benzene rings is 2. The molecule has 6 heteroatoms. The van der Waals surface area contributed by atoms with E-state index in [1.54, 1.807) is 12.1 Å². The quantitative estimate of drug-likeness (QED) is 0.812. The Labute approximate surface area is 143 Å². The van der Waals surface area contributed by atoms with E-state index in [9.17, 15) is 4.79 Å². The van der Waals surface area contributed by atoms with Crippen LogP contribution in [0.4, 0.5) is 5.69 Å². The van der Waals surface area contributed by atoms with Crippen LogP contribution in [-0.4, -0.2) is 12.3 Å². The van der Waals surface area contributed by atoms with Crippen molar-refractivity contribution in [2.24, 2.45) is 0 Å². The lowest BCUT2D eigenvalue weighted by atomic mass is 10.0. The number of hydrogen-bond donors (Lipinski definition) is 1. The summed E-state index contributed by atoms with van der Waals surface area (Å²) < 4.78 is 0. The molecule has 0 radical (unpaired) electrons. The molecule has 1 aliphatic rings. The van der Waals surface area contributed by atoms with Crippen LogP contribution in [0.25, 0.3) is 0 Å². The summed E-state index contributed by atoms with van der Waals surface area (Å²) in [6.45, 7) is 0. The lowest BCUT2D eigenvalue weighted by Crippen LogP contribution is -2.37. The summed E-state index contributed by atoms with van der Waals surface area (Å²) in [6, 6.07) is 12.6. The van der Waals surface area contributed by atoms with Crippen LogP contribution < -0.4 is 10.4 Å². The van der Waals surface area contributed by atoms with Gasteiger partial charge in [0.15, 0.2) is 0 Å². The first-order chi connectivity index (χ1) is 10.6. The zero-order chi connectivity index (χ0) is 15.7. The van der Waals surface area contributed by atoms with Crippen molar-refractivity contribution in [2.75, 3.05) is 5.01 Å². The van der Waals surface area contributed by atoms with E-state index in [1.165, 1.54) is 0 Å². The SMILES string of the molecule is O=CC1CC(c2ccc(Cl)cc2)N(c2ccc(Cl)cc2Cl)N1. The Morgan fingerprint density at radius 1 is 1.05 bits per heavy atom. The van der Waals surface area contributed by atoms with Crippen molar-refractivity contribution < 1.29 is 4.79 Å². The minimum Gasteiger partial charge on any atom is -0.302 e. The van der Waals surface area contributed by atoms with Gasteiger partial charge in [0, 0.05) is 10.0 Å². The van der Waals surface area contributed by atoms with Gasteiger partial charge in [-0.15, -0.1) is 0 Å². The van der Waals surface area contributed by atoms with Crippen molar-refractivity contribution in [3.63, 3.8) is 0 Å². The van der Waals surface area contributed by atoms with E-state index in [2.05, 4.69) is 5.43 Å². The number of rotatable bonds is 3. The standard InChI is InChI=1S/C16H13Cl3N2O/c17-11-3-1-10(2-4-11)16-8-13(9-22)20-21(16)15-6-5-12(18)7-14(15)19/h1-7,9,13,16,20H,8H2. The number of carbonyl (C=O) groups excluding carboxylic acids is 1. The van der Waals surface area contributed by atoms with Gasteiger partial charge in [0.1, 0.15) is 6.29 Å². The van der Waals surface area contributed by atoms with Crippen molar-refractivity contribution in [3.8, 4) is 0 Å². The molecule has 0 aliphatic carbocycles. The molecule has 3 rings (SSSR count). The molecule has 1 heterocycles. The van der Waals surface area contributed by atoms with Crippen LogP contribution in [0.15, 0.2) is 42.5 Å². The van der Waals surface area contributed by atoms with E-state index in [0.717, 1.165) is 17.5 Å². The molecule has 0 bridgehead atoms. The highest BCUT2D eigenvalue weighted by Crippen LogP contribution is 2.38. The minimum atomic E-state index is -0.257. The van der Waals surface area contributed by atoms with Gasteiger partial charge in [0.05, 0.1) is 22.8 Å². The molecular formula is C16H13Cl3N2O. The first-order valence-electron chi connectivity index (χ1n) is 6.79. The van der Waals surface area contributed by atoms with Gasteiger partial charge in [0.25, 0.3) is 0 Å². The van der Waals surface area contributed by atoms with Crippen molar-refractivity contribution in [1.82, 2.24) is 5.43 Å². The number of anilines is 1. The Bertz CT molecular complexity index is 690. The molecule has 0 saturated carbocycles. The molecule has 3 nitrogen and oxygen atoms in total. The average Bonchev–Trinajstić information content (AvgIpc) is 2.92. The molecule has 1 fully saturated rings. The molecule has 2 unspecified atom stereocenters. The van der Waals surface area contributed by atoms with Gasteiger partial charge in [0.2, 0.25) is 0 Å². The fraction of sp³-hybridized carbons (Fsp3) is 0.188. The first-order valence-corrected chi connectivity index (χ1v) is 7.93. The second kappa shape index (κ2) is 6.47. The fourth-order valence-electron chi connectivity index (χ4n) is 2.64.